The Kier molecular flexibility index (Phi) is 8.26. The van der Waals surface area contributed by atoms with E-state index in [-0.39, 0.29) is 36.4 Å². The number of ether oxygens (including phenoxy) is 1. The lowest BCUT2D eigenvalue weighted by molar-refractivity contribution is -0.118. The second-order valence-corrected chi connectivity index (χ2v) is 6.95. The molecule has 3 rings (SSSR count). The average Bonchev–Trinajstić information content (AvgIpc) is 2.68. The van der Waals surface area contributed by atoms with E-state index >= 15 is 0 Å². The predicted molar refractivity (Wildman–Crippen MR) is 106 cm³/mol. The van der Waals surface area contributed by atoms with Crippen molar-refractivity contribution in [2.24, 2.45) is 5.73 Å². The van der Waals surface area contributed by atoms with Gasteiger partial charge in [-0.05, 0) is 43.2 Å². The average molecular weight is 407 g/mol. The highest BCUT2D eigenvalue weighted by Gasteiger charge is 2.30. The summed E-state index contributed by atoms with van der Waals surface area (Å²) in [7, 11) is 0. The molecule has 1 aliphatic rings. The fourth-order valence-corrected chi connectivity index (χ4v) is 2.96. The van der Waals surface area contributed by atoms with Crippen LogP contribution in [-0.4, -0.2) is 29.5 Å². The molecule has 2 aromatic carbocycles. The molecule has 0 radical (unpaired) electrons. The van der Waals surface area contributed by atoms with E-state index in [9.17, 15) is 14.0 Å². The molecule has 0 spiro atoms. The molecule has 5 nitrogen and oxygen atoms in total. The van der Waals surface area contributed by atoms with Gasteiger partial charge >= 0.3 is 6.09 Å². The van der Waals surface area contributed by atoms with Gasteiger partial charge in [-0.1, -0.05) is 41.9 Å². The Morgan fingerprint density at radius 3 is 2.39 bits per heavy atom. The van der Waals surface area contributed by atoms with Gasteiger partial charge in [-0.2, -0.15) is 0 Å². The number of primary amides is 1. The third-order valence-corrected chi connectivity index (χ3v) is 4.71. The van der Waals surface area contributed by atoms with Crippen molar-refractivity contribution in [1.29, 1.82) is 0 Å². The van der Waals surface area contributed by atoms with Crippen LogP contribution in [0.15, 0.2) is 54.6 Å². The number of hydrogen-bond acceptors (Lipinski definition) is 3. The van der Waals surface area contributed by atoms with Crippen LogP contribution in [0.4, 0.5) is 9.18 Å². The first kappa shape index (κ1) is 21.7. The fraction of sp³-hybridized carbons (Fsp3) is 0.333. The number of hydrogen-bond donors (Lipinski definition) is 1. The van der Waals surface area contributed by atoms with E-state index in [0.717, 1.165) is 5.56 Å². The zero-order chi connectivity index (χ0) is 20.5. The van der Waals surface area contributed by atoms with Crippen LogP contribution in [0, 0.1) is 5.82 Å². The summed E-state index contributed by atoms with van der Waals surface area (Å²) in [6, 6.07) is 15.3. The van der Waals surface area contributed by atoms with Gasteiger partial charge in [0.1, 0.15) is 11.9 Å². The molecule has 2 aromatic rings. The molecule has 0 bridgehead atoms. The predicted octanol–water partition coefficient (Wildman–Crippen LogP) is 4.70. The maximum atomic E-state index is 12.1. The van der Waals surface area contributed by atoms with E-state index in [0.29, 0.717) is 24.4 Å². The summed E-state index contributed by atoms with van der Waals surface area (Å²) in [6.07, 6.45) is 0.864. The Morgan fingerprint density at radius 1 is 1.25 bits per heavy atom. The van der Waals surface area contributed by atoms with E-state index in [1.54, 1.807) is 35.2 Å². The molecule has 0 saturated carbocycles. The molecule has 1 saturated heterocycles. The first-order valence-corrected chi connectivity index (χ1v) is 9.46. The highest BCUT2D eigenvalue weighted by molar-refractivity contribution is 6.30. The van der Waals surface area contributed by atoms with Crippen molar-refractivity contribution in [2.45, 2.75) is 38.3 Å². The highest BCUT2D eigenvalue weighted by Crippen LogP contribution is 2.27. The second kappa shape index (κ2) is 10.7. The number of benzene rings is 2. The Labute approximate surface area is 169 Å². The smallest absolute Gasteiger partial charge is 0.410 e. The molecular formula is C21H24ClFN2O3. The van der Waals surface area contributed by atoms with Crippen molar-refractivity contribution in [1.82, 2.24) is 4.90 Å². The molecule has 150 valence electrons. The minimum Gasteiger partial charge on any atom is -0.446 e. The molecule has 2 N–H and O–H groups in total. The highest BCUT2D eigenvalue weighted by atomic mass is 35.5. The third-order valence-electron chi connectivity index (χ3n) is 4.46. The Balaban J connectivity index is 0.000000336. The number of halogens is 2. The third kappa shape index (κ3) is 6.85. The van der Waals surface area contributed by atoms with Crippen LogP contribution in [0.5, 0.6) is 0 Å². The van der Waals surface area contributed by atoms with E-state index in [2.05, 4.69) is 0 Å². The molecule has 0 aromatic heterocycles. The zero-order valence-electron chi connectivity index (χ0n) is 15.7. The van der Waals surface area contributed by atoms with Gasteiger partial charge in [-0.3, -0.25) is 4.79 Å². The summed E-state index contributed by atoms with van der Waals surface area (Å²) in [5, 5.41) is 0.665. The van der Waals surface area contributed by atoms with Gasteiger partial charge in [-0.25, -0.2) is 9.18 Å². The van der Waals surface area contributed by atoms with Crippen molar-refractivity contribution in [2.75, 3.05) is 6.54 Å². The van der Waals surface area contributed by atoms with Crippen LogP contribution in [0.1, 0.15) is 37.8 Å². The standard InChI is InChI=1S/C15H19ClN2O3.C6H5F/c1-10(11-2-4-12(16)5-3-11)18-9-8-13(21-15(18)20)6-7-14(17)19;7-6-4-2-1-3-5-6/h2-5,10,13H,6-9H2,1H3,(H2,17,19);1-5H. The quantitative estimate of drug-likeness (QED) is 0.781. The summed E-state index contributed by atoms with van der Waals surface area (Å²) in [4.78, 5) is 24.5. The lowest BCUT2D eigenvalue weighted by Gasteiger charge is -2.35. The number of cyclic esters (lactones) is 1. The first-order chi connectivity index (χ1) is 13.4. The molecule has 7 heteroatoms. The number of nitrogens with two attached hydrogens (primary N) is 1. The van der Waals surface area contributed by atoms with Crippen molar-refractivity contribution in [3.63, 3.8) is 0 Å². The fourth-order valence-electron chi connectivity index (χ4n) is 2.84. The van der Waals surface area contributed by atoms with Gasteiger partial charge in [0.05, 0.1) is 6.04 Å². The summed E-state index contributed by atoms with van der Waals surface area (Å²) in [5.74, 6) is -0.550. The lowest BCUT2D eigenvalue weighted by atomic mass is 10.0. The van der Waals surface area contributed by atoms with Crippen LogP contribution in [0.3, 0.4) is 0 Å². The van der Waals surface area contributed by atoms with Crippen LogP contribution >= 0.6 is 11.6 Å². The Bertz CT molecular complexity index is 771. The molecule has 2 amide bonds. The van der Waals surface area contributed by atoms with Crippen LogP contribution in [0.25, 0.3) is 0 Å². The van der Waals surface area contributed by atoms with Crippen molar-refractivity contribution in [3.05, 3.63) is 71.0 Å². The molecule has 1 fully saturated rings. The van der Waals surface area contributed by atoms with Crippen molar-refractivity contribution >= 4 is 23.6 Å². The monoisotopic (exact) mass is 406 g/mol. The van der Waals surface area contributed by atoms with Crippen LogP contribution in [-0.2, 0) is 9.53 Å². The van der Waals surface area contributed by atoms with Crippen LogP contribution in [0.2, 0.25) is 5.02 Å². The Hall–Kier alpha value is -2.60. The normalized spacial score (nSPS) is 17.2. The molecule has 0 aliphatic carbocycles. The maximum Gasteiger partial charge on any atom is 0.410 e. The van der Waals surface area contributed by atoms with Gasteiger partial charge in [-0.15, -0.1) is 0 Å². The molecule has 28 heavy (non-hydrogen) atoms. The maximum absolute atomic E-state index is 12.1. The topological polar surface area (TPSA) is 72.6 Å². The van der Waals surface area contributed by atoms with E-state index in [1.807, 2.05) is 19.1 Å². The number of carbonyl (C=O) groups is 2. The lowest BCUT2D eigenvalue weighted by Crippen LogP contribution is -2.43. The number of rotatable bonds is 5. The number of amides is 2. The summed E-state index contributed by atoms with van der Waals surface area (Å²) in [5.41, 5.74) is 6.11. The van der Waals surface area contributed by atoms with Crippen molar-refractivity contribution in [3.8, 4) is 0 Å². The summed E-state index contributed by atoms with van der Waals surface area (Å²) < 4.78 is 17.3. The first-order valence-electron chi connectivity index (χ1n) is 9.08. The molecule has 1 heterocycles. The van der Waals surface area contributed by atoms with E-state index in [1.165, 1.54) is 12.1 Å². The van der Waals surface area contributed by atoms with E-state index < -0.39 is 0 Å². The summed E-state index contributed by atoms with van der Waals surface area (Å²) >= 11 is 5.87. The zero-order valence-corrected chi connectivity index (χ0v) is 16.4. The van der Waals surface area contributed by atoms with Crippen LogP contribution < -0.4 is 5.73 Å². The molecular weight excluding hydrogens is 383 g/mol. The largest absolute Gasteiger partial charge is 0.446 e. The molecule has 1 aliphatic heterocycles. The number of carbonyl (C=O) groups excluding carboxylic acids is 2. The SMILES string of the molecule is CC(c1ccc(Cl)cc1)N1CCC(CCC(N)=O)OC1=O.Fc1ccccc1. The minimum atomic E-state index is -0.372. The molecule has 2 unspecified atom stereocenters. The molecule has 2 atom stereocenters. The summed E-state index contributed by atoms with van der Waals surface area (Å²) in [6.45, 7) is 2.56. The van der Waals surface area contributed by atoms with Gasteiger partial charge in [0.2, 0.25) is 5.91 Å². The minimum absolute atomic E-state index is 0.0770. The van der Waals surface area contributed by atoms with E-state index in [4.69, 9.17) is 22.1 Å². The van der Waals surface area contributed by atoms with Gasteiger partial charge < -0.3 is 15.4 Å². The Morgan fingerprint density at radius 2 is 1.89 bits per heavy atom. The number of nitrogens with zero attached hydrogens (tertiary/aromatic N) is 1. The van der Waals surface area contributed by atoms with Gasteiger partial charge in [0, 0.05) is 24.4 Å². The van der Waals surface area contributed by atoms with Gasteiger partial charge in [0.25, 0.3) is 0 Å². The van der Waals surface area contributed by atoms with Gasteiger partial charge in [0.15, 0.2) is 0 Å². The second-order valence-electron chi connectivity index (χ2n) is 6.52. The van der Waals surface area contributed by atoms with Crippen molar-refractivity contribution < 1.29 is 18.7 Å².